The number of hydrogen-bond donors (Lipinski definition) is 0. The molecule has 2 heterocycles. The van der Waals surface area contributed by atoms with E-state index < -0.39 is 0 Å². The van der Waals surface area contributed by atoms with Gasteiger partial charge in [0.05, 0.1) is 11.0 Å². The van der Waals surface area contributed by atoms with Crippen molar-refractivity contribution in [3.63, 3.8) is 0 Å². The lowest BCUT2D eigenvalue weighted by atomic mass is 9.98. The Kier molecular flexibility index (Phi) is 4.75. The molecule has 0 N–H and O–H groups in total. The van der Waals surface area contributed by atoms with Gasteiger partial charge >= 0.3 is 0 Å². The van der Waals surface area contributed by atoms with Crippen molar-refractivity contribution in [3.8, 4) is 51.0 Å². The first-order valence-electron chi connectivity index (χ1n) is 13.9. The number of halogens is 1. The summed E-state index contributed by atoms with van der Waals surface area (Å²) in [6.07, 6.45) is 0. The molecule has 0 atom stereocenters. The molecular weight excluding hydrogens is 519 g/mol. The quantitative estimate of drug-likeness (QED) is 0.224. The van der Waals surface area contributed by atoms with Gasteiger partial charge in [-0.15, -0.1) is 0 Å². The molecule has 4 nitrogen and oxygen atoms in total. The molecule has 9 rings (SSSR count). The number of hydrogen-bond acceptors (Lipinski definition) is 3. The lowest BCUT2D eigenvalue weighted by Gasteiger charge is -2.11. The molecule has 42 heavy (non-hydrogen) atoms. The molecule has 1 aliphatic carbocycles. The number of nitrogens with zero attached hydrogens (tertiary/aromatic N) is 4. The maximum absolute atomic E-state index is 13.8. The van der Waals surface area contributed by atoms with Crippen LogP contribution in [-0.4, -0.2) is 19.5 Å². The summed E-state index contributed by atoms with van der Waals surface area (Å²) in [5.74, 6) is 1.26. The summed E-state index contributed by atoms with van der Waals surface area (Å²) < 4.78 is 16.0. The van der Waals surface area contributed by atoms with Gasteiger partial charge in [0, 0.05) is 27.5 Å². The van der Waals surface area contributed by atoms with E-state index in [1.165, 1.54) is 50.5 Å². The van der Waals surface area contributed by atoms with E-state index in [-0.39, 0.29) is 5.82 Å². The Bertz CT molecular complexity index is 2350. The normalized spacial score (nSPS) is 11.9. The molecule has 0 bridgehead atoms. The molecule has 0 saturated heterocycles. The summed E-state index contributed by atoms with van der Waals surface area (Å²) >= 11 is 0. The van der Waals surface area contributed by atoms with E-state index in [2.05, 4.69) is 71.3 Å². The second kappa shape index (κ2) is 8.66. The predicted molar refractivity (Wildman–Crippen MR) is 167 cm³/mol. The molecule has 0 spiro atoms. The maximum Gasteiger partial charge on any atom is 0.238 e. The van der Waals surface area contributed by atoms with Crippen LogP contribution in [0.25, 0.3) is 83.6 Å². The molecule has 8 aromatic rings. The average molecular weight is 541 g/mol. The van der Waals surface area contributed by atoms with Crippen LogP contribution in [0.3, 0.4) is 0 Å². The van der Waals surface area contributed by atoms with Gasteiger partial charge in [0.25, 0.3) is 0 Å². The van der Waals surface area contributed by atoms with Crippen LogP contribution >= 0.6 is 0 Å². The van der Waals surface area contributed by atoms with Crippen LogP contribution in [-0.2, 0) is 0 Å². The van der Waals surface area contributed by atoms with Crippen LogP contribution in [0.1, 0.15) is 0 Å². The van der Waals surface area contributed by atoms with E-state index in [1.807, 2.05) is 36.4 Å². The molecule has 196 valence electrons. The molecule has 6 aromatic carbocycles. The Morgan fingerprint density at radius 1 is 0.476 bits per heavy atom. The lowest BCUT2D eigenvalue weighted by Crippen LogP contribution is -2.06. The van der Waals surface area contributed by atoms with Crippen LogP contribution in [0.4, 0.5) is 4.39 Å². The molecule has 0 fully saturated rings. The summed E-state index contributed by atoms with van der Waals surface area (Å²) in [5.41, 5.74) is 8.64. The van der Waals surface area contributed by atoms with Gasteiger partial charge in [-0.25, -0.2) is 9.37 Å². The first-order chi connectivity index (χ1) is 20.7. The van der Waals surface area contributed by atoms with Gasteiger partial charge in [-0.1, -0.05) is 91.0 Å². The highest BCUT2D eigenvalue weighted by atomic mass is 19.1. The summed E-state index contributed by atoms with van der Waals surface area (Å²) in [5, 5.41) is 4.85. The average Bonchev–Trinajstić information content (AvgIpc) is 3.56. The van der Waals surface area contributed by atoms with Gasteiger partial charge in [-0.05, 0) is 63.9 Å². The Morgan fingerprint density at radius 2 is 1.17 bits per heavy atom. The molecule has 0 aliphatic heterocycles. The fourth-order valence-corrected chi connectivity index (χ4v) is 6.46. The van der Waals surface area contributed by atoms with Crippen LogP contribution in [0.2, 0.25) is 0 Å². The van der Waals surface area contributed by atoms with Gasteiger partial charge < -0.3 is 0 Å². The number of fused-ring (bicyclic) bond motifs is 7. The van der Waals surface area contributed by atoms with Crippen molar-refractivity contribution < 1.29 is 4.39 Å². The van der Waals surface area contributed by atoms with Crippen molar-refractivity contribution in [1.29, 1.82) is 0 Å². The second-order valence-corrected chi connectivity index (χ2v) is 10.6. The Hall–Kier alpha value is -5.68. The van der Waals surface area contributed by atoms with E-state index >= 15 is 0 Å². The summed E-state index contributed by atoms with van der Waals surface area (Å²) in [4.78, 5) is 14.8. The highest BCUT2D eigenvalue weighted by Crippen LogP contribution is 2.52. The van der Waals surface area contributed by atoms with Crippen molar-refractivity contribution in [3.05, 3.63) is 133 Å². The first-order valence-corrected chi connectivity index (χ1v) is 13.9. The zero-order valence-electron chi connectivity index (χ0n) is 22.3. The van der Waals surface area contributed by atoms with E-state index in [9.17, 15) is 4.39 Å². The van der Waals surface area contributed by atoms with Crippen molar-refractivity contribution in [2.45, 2.75) is 0 Å². The maximum atomic E-state index is 13.8. The number of rotatable bonds is 3. The van der Waals surface area contributed by atoms with Gasteiger partial charge in [0.15, 0.2) is 11.6 Å². The van der Waals surface area contributed by atoms with Crippen molar-refractivity contribution in [2.75, 3.05) is 0 Å². The van der Waals surface area contributed by atoms with E-state index in [0.717, 1.165) is 27.5 Å². The minimum Gasteiger partial charge on any atom is -0.278 e. The highest BCUT2D eigenvalue weighted by Gasteiger charge is 2.27. The molecule has 0 saturated carbocycles. The third-order valence-corrected chi connectivity index (χ3v) is 8.26. The first kappa shape index (κ1) is 23.1. The van der Waals surface area contributed by atoms with E-state index in [1.54, 1.807) is 12.1 Å². The fourth-order valence-electron chi connectivity index (χ4n) is 6.46. The van der Waals surface area contributed by atoms with E-state index in [4.69, 9.17) is 15.0 Å². The van der Waals surface area contributed by atoms with E-state index in [0.29, 0.717) is 17.6 Å². The predicted octanol–water partition coefficient (Wildman–Crippen LogP) is 9.24. The lowest BCUT2D eigenvalue weighted by molar-refractivity contribution is 0.628. The number of para-hydroxylation sites is 1. The van der Waals surface area contributed by atoms with Crippen LogP contribution in [0.5, 0.6) is 0 Å². The van der Waals surface area contributed by atoms with Gasteiger partial charge in [-0.3, -0.25) is 4.57 Å². The van der Waals surface area contributed by atoms with Crippen molar-refractivity contribution in [1.82, 2.24) is 19.5 Å². The van der Waals surface area contributed by atoms with Crippen LogP contribution in [0, 0.1) is 5.82 Å². The number of benzene rings is 6. The van der Waals surface area contributed by atoms with Crippen molar-refractivity contribution in [2.24, 2.45) is 0 Å². The van der Waals surface area contributed by atoms with Gasteiger partial charge in [0.1, 0.15) is 5.82 Å². The summed E-state index contributed by atoms with van der Waals surface area (Å²) in [6, 6.07) is 42.1. The second-order valence-electron chi connectivity index (χ2n) is 10.6. The molecular formula is C37H21FN4. The molecule has 0 radical (unpaired) electrons. The van der Waals surface area contributed by atoms with Crippen LogP contribution in [0.15, 0.2) is 127 Å². The summed E-state index contributed by atoms with van der Waals surface area (Å²) in [7, 11) is 0. The monoisotopic (exact) mass is 540 g/mol. The third kappa shape index (κ3) is 3.25. The van der Waals surface area contributed by atoms with Crippen LogP contribution < -0.4 is 0 Å². The zero-order chi connectivity index (χ0) is 27.8. The fraction of sp³-hybridized carbons (Fsp3) is 0. The minimum atomic E-state index is -0.302. The molecule has 2 aromatic heterocycles. The largest absolute Gasteiger partial charge is 0.278 e. The van der Waals surface area contributed by atoms with Crippen molar-refractivity contribution >= 4 is 32.6 Å². The summed E-state index contributed by atoms with van der Waals surface area (Å²) in [6.45, 7) is 0. The third-order valence-electron chi connectivity index (χ3n) is 8.26. The highest BCUT2D eigenvalue weighted by molar-refractivity contribution is 6.26. The smallest absolute Gasteiger partial charge is 0.238 e. The van der Waals surface area contributed by atoms with Gasteiger partial charge in [-0.2, -0.15) is 9.97 Å². The zero-order valence-corrected chi connectivity index (χ0v) is 22.3. The molecule has 5 heteroatoms. The number of aromatic nitrogens is 4. The molecule has 0 amide bonds. The molecule has 0 unspecified atom stereocenters. The molecule has 1 aliphatic rings. The SMILES string of the molecule is Fc1ccc(-c2nc(-c3ccccc3)nc(-n3c4ccccc4c4c5c(ccc43)-c3cccc4cccc-5c34)n2)cc1. The Morgan fingerprint density at radius 3 is 1.95 bits per heavy atom. The minimum absolute atomic E-state index is 0.302. The Labute approximate surface area is 240 Å². The topological polar surface area (TPSA) is 43.6 Å². The standard InChI is InChI=1S/C37H21FN4/c38-25-18-16-24(17-19-25)36-39-35(23-8-2-1-3-9-23)40-37(41-36)42-30-15-5-4-12-28(30)34-31(42)21-20-27-26-13-6-10-22-11-7-14-29(32(22)26)33(27)34/h1-21H. The van der Waals surface area contributed by atoms with Gasteiger partial charge in [0.2, 0.25) is 5.95 Å². The Balaban J connectivity index is 1.38.